The van der Waals surface area contributed by atoms with Crippen molar-refractivity contribution in [2.75, 3.05) is 7.05 Å². The smallest absolute Gasteiger partial charge is 0.349 e. The number of carboxylic acids is 2. The zero-order valence-corrected chi connectivity index (χ0v) is 7.33. The topological polar surface area (TPSA) is 121 Å². The maximum absolute atomic E-state index is 10.4. The summed E-state index contributed by atoms with van der Waals surface area (Å²) in [5.74, 6) is -3.35. The van der Waals surface area contributed by atoms with Crippen LogP contribution >= 0.6 is 0 Å². The SMILES string of the molecule is CN[C@H](C(=O)O)C(C(=O)O)=S(=O)=O. The third-order valence-corrected chi connectivity index (χ3v) is 1.96. The summed E-state index contributed by atoms with van der Waals surface area (Å²) in [7, 11) is -1.91. The highest BCUT2D eigenvalue weighted by molar-refractivity contribution is 7.75. The van der Waals surface area contributed by atoms with Crippen LogP contribution in [0.3, 0.4) is 0 Å². The average molecular weight is 209 g/mol. The first-order chi connectivity index (χ1) is 5.91. The van der Waals surface area contributed by atoms with E-state index in [-0.39, 0.29) is 0 Å². The molecule has 0 radical (unpaired) electrons. The van der Waals surface area contributed by atoms with Crippen LogP contribution in [0.15, 0.2) is 0 Å². The molecule has 0 rings (SSSR count). The normalized spacial score (nSPS) is 11.8. The van der Waals surface area contributed by atoms with Crippen LogP contribution in [0, 0.1) is 0 Å². The molecule has 0 aliphatic heterocycles. The zero-order valence-electron chi connectivity index (χ0n) is 6.51. The number of carboxylic acid groups (broad SMARTS) is 2. The van der Waals surface area contributed by atoms with E-state index in [9.17, 15) is 18.0 Å². The van der Waals surface area contributed by atoms with E-state index in [0.29, 0.717) is 0 Å². The van der Waals surface area contributed by atoms with Crippen molar-refractivity contribution in [1.29, 1.82) is 0 Å². The van der Waals surface area contributed by atoms with Crippen molar-refractivity contribution in [3.05, 3.63) is 0 Å². The van der Waals surface area contributed by atoms with Gasteiger partial charge in [0.05, 0.1) is 0 Å². The van der Waals surface area contributed by atoms with Crippen molar-refractivity contribution in [1.82, 2.24) is 5.32 Å². The van der Waals surface area contributed by atoms with Gasteiger partial charge in [-0.3, -0.25) is 4.79 Å². The summed E-state index contributed by atoms with van der Waals surface area (Å²) in [6, 6.07) is -1.73. The van der Waals surface area contributed by atoms with Crippen molar-refractivity contribution >= 4 is 27.1 Å². The third kappa shape index (κ3) is 2.84. The van der Waals surface area contributed by atoms with Gasteiger partial charge in [0.15, 0.2) is 10.9 Å². The molecule has 3 N–H and O–H groups in total. The summed E-state index contributed by atoms with van der Waals surface area (Å²) in [6.45, 7) is 0. The molecule has 0 fully saturated rings. The second kappa shape index (κ2) is 4.58. The predicted octanol–water partition coefficient (Wildman–Crippen LogP) is -2.20. The predicted molar refractivity (Wildman–Crippen MR) is 42.0 cm³/mol. The van der Waals surface area contributed by atoms with E-state index >= 15 is 0 Å². The fourth-order valence-electron chi connectivity index (χ4n) is 0.658. The number of hydrogen-bond acceptors (Lipinski definition) is 5. The fourth-order valence-corrected chi connectivity index (χ4v) is 1.21. The Bertz CT molecular complexity index is 347. The summed E-state index contributed by atoms with van der Waals surface area (Å²) >= 11 is 0. The van der Waals surface area contributed by atoms with Gasteiger partial charge in [-0.2, -0.15) is 8.42 Å². The van der Waals surface area contributed by atoms with Crippen LogP contribution in [0.2, 0.25) is 0 Å². The molecule has 0 saturated heterocycles. The number of aliphatic carboxylic acids is 2. The van der Waals surface area contributed by atoms with Gasteiger partial charge in [-0.05, 0) is 7.05 Å². The summed E-state index contributed by atoms with van der Waals surface area (Å²) in [5.41, 5.74) is 0. The van der Waals surface area contributed by atoms with Crippen molar-refractivity contribution < 1.29 is 28.2 Å². The molecule has 0 aromatic rings. The monoisotopic (exact) mass is 209 g/mol. The van der Waals surface area contributed by atoms with E-state index in [1.165, 1.54) is 0 Å². The average Bonchev–Trinajstić information content (AvgIpc) is 1.97. The highest BCUT2D eigenvalue weighted by Gasteiger charge is 2.28. The minimum Gasteiger partial charge on any atom is -0.480 e. The van der Waals surface area contributed by atoms with Gasteiger partial charge in [-0.1, -0.05) is 0 Å². The molecule has 1 atom stereocenters. The highest BCUT2D eigenvalue weighted by atomic mass is 32.2. The minimum absolute atomic E-state index is 1.12. The van der Waals surface area contributed by atoms with Gasteiger partial charge in [-0.15, -0.1) is 0 Å². The highest BCUT2D eigenvalue weighted by Crippen LogP contribution is 1.88. The van der Waals surface area contributed by atoms with Crippen LogP contribution in [0.25, 0.3) is 0 Å². The van der Waals surface area contributed by atoms with Crippen LogP contribution in [-0.2, 0) is 19.9 Å². The van der Waals surface area contributed by atoms with Gasteiger partial charge in [0.1, 0.15) is 0 Å². The molecule has 0 saturated carbocycles. The van der Waals surface area contributed by atoms with Crippen molar-refractivity contribution in [2.45, 2.75) is 6.04 Å². The summed E-state index contributed by atoms with van der Waals surface area (Å²) in [6.07, 6.45) is 0. The molecule has 0 unspecified atom stereocenters. The van der Waals surface area contributed by atoms with Gasteiger partial charge in [0.25, 0.3) is 0 Å². The maximum atomic E-state index is 10.4. The lowest BCUT2D eigenvalue weighted by atomic mass is 10.2. The van der Waals surface area contributed by atoms with Crippen molar-refractivity contribution in [3.8, 4) is 0 Å². The number of hydrogen-bond donors (Lipinski definition) is 3. The number of carbonyl (C=O) groups is 2. The van der Waals surface area contributed by atoms with Crippen LogP contribution in [0.4, 0.5) is 0 Å². The summed E-state index contributed by atoms with van der Waals surface area (Å²) < 4.78 is 20.6. The molecule has 0 heterocycles. The molecule has 0 spiro atoms. The first-order valence-corrected chi connectivity index (χ1v) is 4.08. The van der Waals surface area contributed by atoms with Crippen molar-refractivity contribution in [2.24, 2.45) is 0 Å². The van der Waals surface area contributed by atoms with Gasteiger partial charge < -0.3 is 15.5 Å². The second-order valence-corrected chi connectivity index (χ2v) is 2.87. The van der Waals surface area contributed by atoms with E-state index in [1.54, 1.807) is 0 Å². The Morgan fingerprint density at radius 1 is 1.31 bits per heavy atom. The summed E-state index contributed by atoms with van der Waals surface area (Å²) in [4.78, 5) is 19.6. The van der Waals surface area contributed by atoms with Gasteiger partial charge in [0, 0.05) is 0 Å². The Morgan fingerprint density at radius 3 is 1.85 bits per heavy atom. The summed E-state index contributed by atoms with van der Waals surface area (Å²) in [5, 5.41) is 18.8. The number of nitrogens with one attached hydrogen (secondary N) is 1. The van der Waals surface area contributed by atoms with Crippen molar-refractivity contribution in [3.63, 3.8) is 0 Å². The van der Waals surface area contributed by atoms with E-state index < -0.39 is 33.1 Å². The van der Waals surface area contributed by atoms with Crippen LogP contribution in [0.1, 0.15) is 0 Å². The first-order valence-electron chi connectivity index (χ1n) is 3.01. The molecule has 0 aliphatic carbocycles. The zero-order chi connectivity index (χ0) is 10.6. The van der Waals surface area contributed by atoms with Gasteiger partial charge in [-0.25, -0.2) is 4.79 Å². The number of rotatable bonds is 4. The largest absolute Gasteiger partial charge is 0.480 e. The molecule has 13 heavy (non-hydrogen) atoms. The lowest BCUT2D eigenvalue weighted by Crippen LogP contribution is -2.45. The van der Waals surface area contributed by atoms with Crippen LogP contribution in [0.5, 0.6) is 0 Å². The Balaban J connectivity index is 5.32. The molecule has 0 bridgehead atoms. The van der Waals surface area contributed by atoms with Gasteiger partial charge >= 0.3 is 11.9 Å². The van der Waals surface area contributed by atoms with E-state index in [0.717, 1.165) is 7.05 Å². The Hall–Kier alpha value is -1.41. The molecular formula is C5H7NO6S. The maximum Gasteiger partial charge on any atom is 0.349 e. The third-order valence-electron chi connectivity index (χ3n) is 1.19. The lowest BCUT2D eigenvalue weighted by molar-refractivity contribution is -0.139. The molecule has 0 amide bonds. The Kier molecular flexibility index (Phi) is 4.08. The van der Waals surface area contributed by atoms with E-state index in [2.05, 4.69) is 5.32 Å². The Labute approximate surface area is 74.5 Å². The molecule has 8 heteroatoms. The van der Waals surface area contributed by atoms with Gasteiger partial charge in [0.2, 0.25) is 10.3 Å². The standard InChI is InChI=1S/C5H7NO6S/c1-6-2(4(7)8)3(5(9)10)13(11)12/h2,6H,1H3,(H,7,8)(H,9,10)/t2-/m0/s1. The van der Waals surface area contributed by atoms with Crippen LogP contribution in [-0.4, -0.2) is 48.5 Å². The number of likely N-dealkylation sites (N-methyl/N-ethyl adjacent to an activating group) is 1. The quantitative estimate of drug-likeness (QED) is 0.449. The first kappa shape index (κ1) is 11.6. The van der Waals surface area contributed by atoms with Crippen LogP contribution < -0.4 is 5.32 Å². The second-order valence-electron chi connectivity index (χ2n) is 1.96. The van der Waals surface area contributed by atoms with E-state index in [1.807, 2.05) is 0 Å². The van der Waals surface area contributed by atoms with E-state index in [4.69, 9.17) is 10.2 Å². The molecule has 0 aliphatic rings. The Morgan fingerprint density at radius 2 is 1.77 bits per heavy atom. The molecular weight excluding hydrogens is 202 g/mol. The fraction of sp³-hybridized carbons (Fsp3) is 0.400. The minimum atomic E-state index is -3.06. The molecule has 74 valence electrons. The molecule has 0 aromatic heterocycles. The molecule has 7 nitrogen and oxygen atoms in total. The lowest BCUT2D eigenvalue weighted by Gasteiger charge is -2.07. The molecule has 0 aromatic carbocycles.